The first-order valence-electron chi connectivity index (χ1n) is 4.68. The van der Waals surface area contributed by atoms with E-state index in [9.17, 15) is 4.79 Å². The zero-order chi connectivity index (χ0) is 10.8. The van der Waals surface area contributed by atoms with Gasteiger partial charge >= 0.3 is 0 Å². The van der Waals surface area contributed by atoms with Crippen LogP contribution in [0.1, 0.15) is 12.5 Å². The molecule has 2 rings (SSSR count). The van der Waals surface area contributed by atoms with Crippen LogP contribution in [-0.2, 0) is 4.79 Å². The van der Waals surface area contributed by atoms with Gasteiger partial charge in [-0.15, -0.1) is 11.8 Å². The molecule has 0 fully saturated rings. The molecule has 0 radical (unpaired) electrons. The van der Waals surface area contributed by atoms with Crippen LogP contribution in [0.25, 0.3) is 0 Å². The van der Waals surface area contributed by atoms with Gasteiger partial charge in [-0.3, -0.25) is 4.79 Å². The van der Waals surface area contributed by atoms with Crippen molar-refractivity contribution in [2.75, 3.05) is 11.1 Å². The molecule has 0 aromatic heterocycles. The van der Waals surface area contributed by atoms with Gasteiger partial charge < -0.3 is 5.32 Å². The van der Waals surface area contributed by atoms with Gasteiger partial charge in [-0.05, 0) is 18.2 Å². The van der Waals surface area contributed by atoms with Crippen LogP contribution in [0.3, 0.4) is 0 Å². The van der Waals surface area contributed by atoms with E-state index in [0.29, 0.717) is 5.56 Å². The predicted octanol–water partition coefficient (Wildman–Crippen LogP) is 2.24. The molecule has 1 aliphatic rings. The van der Waals surface area contributed by atoms with Crippen LogP contribution >= 0.6 is 11.8 Å². The Balaban J connectivity index is 2.39. The van der Waals surface area contributed by atoms with Crippen molar-refractivity contribution in [3.8, 4) is 6.07 Å². The van der Waals surface area contributed by atoms with Gasteiger partial charge in [0.15, 0.2) is 0 Å². The maximum Gasteiger partial charge on any atom is 0.228 e. The second kappa shape index (κ2) is 3.95. The third-order valence-corrected chi connectivity index (χ3v) is 3.62. The molecule has 4 heteroatoms. The second-order valence-electron chi connectivity index (χ2n) is 3.52. The van der Waals surface area contributed by atoms with Crippen molar-refractivity contribution in [1.82, 2.24) is 0 Å². The first-order chi connectivity index (χ1) is 7.20. The SMILES string of the molecule is CC1CSc2cc(C#N)ccc2NC1=O. The number of anilines is 1. The number of fused-ring (bicyclic) bond motifs is 1. The van der Waals surface area contributed by atoms with E-state index in [1.54, 1.807) is 23.9 Å². The molecule has 0 saturated carbocycles. The van der Waals surface area contributed by atoms with Crippen LogP contribution in [0, 0.1) is 17.2 Å². The Kier molecular flexibility index (Phi) is 2.65. The quantitative estimate of drug-likeness (QED) is 0.726. The maximum absolute atomic E-state index is 11.5. The van der Waals surface area contributed by atoms with E-state index in [-0.39, 0.29) is 11.8 Å². The summed E-state index contributed by atoms with van der Waals surface area (Å²) in [6.45, 7) is 1.90. The summed E-state index contributed by atoms with van der Waals surface area (Å²) in [4.78, 5) is 12.5. The number of hydrogen-bond acceptors (Lipinski definition) is 3. The van der Waals surface area contributed by atoms with Crippen molar-refractivity contribution < 1.29 is 4.79 Å². The first-order valence-corrected chi connectivity index (χ1v) is 5.67. The number of hydrogen-bond donors (Lipinski definition) is 1. The minimum atomic E-state index is 0.00735. The lowest BCUT2D eigenvalue weighted by Crippen LogP contribution is -2.20. The van der Waals surface area contributed by atoms with E-state index in [4.69, 9.17) is 5.26 Å². The summed E-state index contributed by atoms with van der Waals surface area (Å²) in [5, 5.41) is 11.6. The highest BCUT2D eigenvalue weighted by Gasteiger charge is 2.19. The molecule has 0 bridgehead atoms. The van der Waals surface area contributed by atoms with Gasteiger partial charge in [0.1, 0.15) is 0 Å². The smallest absolute Gasteiger partial charge is 0.228 e. The number of thioether (sulfide) groups is 1. The fourth-order valence-electron chi connectivity index (χ4n) is 1.36. The molecule has 15 heavy (non-hydrogen) atoms. The molecular weight excluding hydrogens is 208 g/mol. The molecule has 0 saturated heterocycles. The molecule has 0 spiro atoms. The minimum Gasteiger partial charge on any atom is -0.325 e. The Labute approximate surface area is 92.5 Å². The number of carbonyl (C=O) groups is 1. The van der Waals surface area contributed by atoms with Crippen molar-refractivity contribution in [2.45, 2.75) is 11.8 Å². The standard InChI is InChI=1S/C11H10N2OS/c1-7-6-15-10-4-8(5-12)2-3-9(10)13-11(7)14/h2-4,7H,6H2,1H3,(H,13,14). The zero-order valence-corrected chi connectivity index (χ0v) is 9.10. The lowest BCUT2D eigenvalue weighted by Gasteiger charge is -2.06. The van der Waals surface area contributed by atoms with Crippen LogP contribution in [-0.4, -0.2) is 11.7 Å². The molecule has 1 N–H and O–H groups in total. The van der Waals surface area contributed by atoms with E-state index < -0.39 is 0 Å². The molecule has 1 amide bonds. The number of nitriles is 1. The third-order valence-electron chi connectivity index (χ3n) is 2.31. The van der Waals surface area contributed by atoms with Gasteiger partial charge in [-0.1, -0.05) is 6.92 Å². The van der Waals surface area contributed by atoms with Crippen LogP contribution in [0.4, 0.5) is 5.69 Å². The number of nitrogens with one attached hydrogen (secondary N) is 1. The Morgan fingerprint density at radius 1 is 1.60 bits per heavy atom. The summed E-state index contributed by atoms with van der Waals surface area (Å²) in [7, 11) is 0. The Hall–Kier alpha value is -1.47. The maximum atomic E-state index is 11.5. The summed E-state index contributed by atoms with van der Waals surface area (Å²) in [5.74, 6) is 0.812. The van der Waals surface area contributed by atoms with Crippen LogP contribution in [0.15, 0.2) is 23.1 Å². The molecule has 1 heterocycles. The molecule has 3 nitrogen and oxygen atoms in total. The first kappa shape index (κ1) is 10.1. The largest absolute Gasteiger partial charge is 0.325 e. The van der Waals surface area contributed by atoms with Gasteiger partial charge in [0.05, 0.1) is 17.3 Å². The lowest BCUT2D eigenvalue weighted by atomic mass is 10.2. The van der Waals surface area contributed by atoms with Gasteiger partial charge in [0.2, 0.25) is 5.91 Å². The molecular formula is C11H10N2OS. The van der Waals surface area contributed by atoms with Gasteiger partial charge in [0.25, 0.3) is 0 Å². The van der Waals surface area contributed by atoms with E-state index in [2.05, 4.69) is 11.4 Å². The lowest BCUT2D eigenvalue weighted by molar-refractivity contribution is -0.118. The summed E-state index contributed by atoms with van der Waals surface area (Å²) in [6, 6.07) is 7.42. The zero-order valence-electron chi connectivity index (χ0n) is 8.28. The van der Waals surface area contributed by atoms with Crippen LogP contribution < -0.4 is 5.32 Å². The van der Waals surface area contributed by atoms with Gasteiger partial charge in [-0.2, -0.15) is 5.26 Å². The van der Waals surface area contributed by atoms with Crippen molar-refractivity contribution in [3.05, 3.63) is 23.8 Å². The van der Waals surface area contributed by atoms with Crippen LogP contribution in [0.2, 0.25) is 0 Å². The normalized spacial score (nSPS) is 19.7. The van der Waals surface area contributed by atoms with E-state index in [0.717, 1.165) is 16.3 Å². The minimum absolute atomic E-state index is 0.00735. The fraction of sp³-hybridized carbons (Fsp3) is 0.273. The number of amides is 1. The number of nitrogens with zero attached hydrogens (tertiary/aromatic N) is 1. The summed E-state index contributed by atoms with van der Waals surface area (Å²) >= 11 is 1.62. The van der Waals surface area contributed by atoms with E-state index in [1.165, 1.54) is 0 Å². The van der Waals surface area contributed by atoms with Gasteiger partial charge in [0, 0.05) is 16.6 Å². The Morgan fingerprint density at radius 3 is 3.13 bits per heavy atom. The highest BCUT2D eigenvalue weighted by Crippen LogP contribution is 2.32. The van der Waals surface area contributed by atoms with Crippen molar-refractivity contribution in [1.29, 1.82) is 5.26 Å². The monoisotopic (exact) mass is 218 g/mol. The number of benzene rings is 1. The highest BCUT2D eigenvalue weighted by molar-refractivity contribution is 7.99. The number of rotatable bonds is 0. The predicted molar refractivity (Wildman–Crippen MR) is 59.7 cm³/mol. The highest BCUT2D eigenvalue weighted by atomic mass is 32.2. The molecule has 1 aromatic carbocycles. The fourth-order valence-corrected chi connectivity index (χ4v) is 2.43. The van der Waals surface area contributed by atoms with E-state index >= 15 is 0 Å². The Morgan fingerprint density at radius 2 is 2.40 bits per heavy atom. The molecule has 1 unspecified atom stereocenters. The van der Waals surface area contributed by atoms with Crippen molar-refractivity contribution in [3.63, 3.8) is 0 Å². The average Bonchev–Trinajstić information content (AvgIpc) is 2.39. The Bertz CT molecular complexity index is 450. The van der Waals surface area contributed by atoms with Crippen molar-refractivity contribution >= 4 is 23.4 Å². The molecule has 76 valence electrons. The van der Waals surface area contributed by atoms with Crippen molar-refractivity contribution in [2.24, 2.45) is 5.92 Å². The summed E-state index contributed by atoms with van der Waals surface area (Å²) < 4.78 is 0. The summed E-state index contributed by atoms with van der Waals surface area (Å²) in [6.07, 6.45) is 0. The summed E-state index contributed by atoms with van der Waals surface area (Å²) in [5.41, 5.74) is 1.44. The molecule has 1 aliphatic heterocycles. The average molecular weight is 218 g/mol. The molecule has 1 atom stereocenters. The van der Waals surface area contributed by atoms with Crippen LogP contribution in [0.5, 0.6) is 0 Å². The van der Waals surface area contributed by atoms with E-state index in [1.807, 2.05) is 13.0 Å². The third kappa shape index (κ3) is 1.97. The number of carbonyl (C=O) groups excluding carboxylic acids is 1. The van der Waals surface area contributed by atoms with Gasteiger partial charge in [-0.25, -0.2) is 0 Å². The molecule has 0 aliphatic carbocycles. The topological polar surface area (TPSA) is 52.9 Å². The second-order valence-corrected chi connectivity index (χ2v) is 4.59. The molecule has 1 aromatic rings.